The first-order chi connectivity index (χ1) is 6.33. The van der Waals surface area contributed by atoms with E-state index in [4.69, 9.17) is 4.74 Å². The minimum Gasteiger partial charge on any atom is -0.380 e. The first-order valence-corrected chi connectivity index (χ1v) is 5.03. The molecule has 0 saturated heterocycles. The van der Waals surface area contributed by atoms with Crippen molar-refractivity contribution in [1.82, 2.24) is 4.90 Å². The van der Waals surface area contributed by atoms with E-state index < -0.39 is 0 Å². The van der Waals surface area contributed by atoms with Crippen molar-refractivity contribution in [2.24, 2.45) is 5.92 Å². The second-order valence-electron chi connectivity index (χ2n) is 3.78. The molecule has 0 aromatic rings. The zero-order valence-electron chi connectivity index (χ0n) is 8.37. The molecule has 1 aliphatic rings. The molecule has 0 unspecified atom stereocenters. The number of carbonyl (C=O) groups is 1. The Morgan fingerprint density at radius 3 is 2.85 bits per heavy atom. The average Bonchev–Trinajstić information content (AvgIpc) is 2.92. The number of hydrogen-bond donors (Lipinski definition) is 0. The molecule has 76 valence electrons. The number of hydrogen-bond acceptors (Lipinski definition) is 3. The van der Waals surface area contributed by atoms with Crippen LogP contribution in [0.2, 0.25) is 0 Å². The van der Waals surface area contributed by atoms with Crippen molar-refractivity contribution in [2.75, 3.05) is 33.4 Å². The van der Waals surface area contributed by atoms with Gasteiger partial charge in [-0.2, -0.15) is 0 Å². The molecule has 0 radical (unpaired) electrons. The number of aldehydes is 1. The van der Waals surface area contributed by atoms with Gasteiger partial charge in [0.15, 0.2) is 0 Å². The van der Waals surface area contributed by atoms with Crippen LogP contribution in [0, 0.1) is 5.92 Å². The van der Waals surface area contributed by atoms with Gasteiger partial charge in [0.2, 0.25) is 0 Å². The van der Waals surface area contributed by atoms with Crippen molar-refractivity contribution in [3.63, 3.8) is 0 Å². The maximum atomic E-state index is 10.1. The molecule has 0 spiro atoms. The van der Waals surface area contributed by atoms with Crippen LogP contribution < -0.4 is 0 Å². The molecule has 0 N–H and O–H groups in total. The predicted molar refractivity (Wildman–Crippen MR) is 51.7 cm³/mol. The topological polar surface area (TPSA) is 29.5 Å². The van der Waals surface area contributed by atoms with E-state index in [2.05, 4.69) is 4.90 Å². The first kappa shape index (κ1) is 10.7. The first-order valence-electron chi connectivity index (χ1n) is 5.03. The largest absolute Gasteiger partial charge is 0.380 e. The summed E-state index contributed by atoms with van der Waals surface area (Å²) in [4.78, 5) is 12.2. The quantitative estimate of drug-likeness (QED) is 0.416. The highest BCUT2D eigenvalue weighted by molar-refractivity contribution is 5.49. The van der Waals surface area contributed by atoms with Gasteiger partial charge >= 0.3 is 0 Å². The molecular weight excluding hydrogens is 166 g/mol. The summed E-state index contributed by atoms with van der Waals surface area (Å²) >= 11 is 0. The third kappa shape index (κ3) is 5.77. The lowest BCUT2D eigenvalue weighted by atomic mass is 10.4. The summed E-state index contributed by atoms with van der Waals surface area (Å²) in [5.41, 5.74) is 0. The maximum absolute atomic E-state index is 10.1. The van der Waals surface area contributed by atoms with Gasteiger partial charge < -0.3 is 14.4 Å². The molecule has 3 nitrogen and oxygen atoms in total. The molecule has 0 heterocycles. The summed E-state index contributed by atoms with van der Waals surface area (Å²) < 4.78 is 5.48. The highest BCUT2D eigenvalue weighted by Crippen LogP contribution is 2.28. The van der Waals surface area contributed by atoms with E-state index >= 15 is 0 Å². The fourth-order valence-electron chi connectivity index (χ4n) is 1.14. The minimum absolute atomic E-state index is 0.624. The summed E-state index contributed by atoms with van der Waals surface area (Å²) in [5, 5.41) is 0. The van der Waals surface area contributed by atoms with Crippen LogP contribution in [0.5, 0.6) is 0 Å². The zero-order chi connectivity index (χ0) is 9.52. The normalized spacial score (nSPS) is 16.5. The monoisotopic (exact) mass is 185 g/mol. The second kappa shape index (κ2) is 6.11. The van der Waals surface area contributed by atoms with Crippen molar-refractivity contribution in [1.29, 1.82) is 0 Å². The van der Waals surface area contributed by atoms with Crippen molar-refractivity contribution in [2.45, 2.75) is 19.3 Å². The van der Waals surface area contributed by atoms with Gasteiger partial charge in [0.1, 0.15) is 6.29 Å². The Morgan fingerprint density at radius 1 is 1.46 bits per heavy atom. The fraction of sp³-hybridized carbons (Fsp3) is 0.900. The molecule has 0 amide bonds. The number of rotatable bonds is 8. The summed E-state index contributed by atoms with van der Waals surface area (Å²) in [6.45, 7) is 3.50. The lowest BCUT2D eigenvalue weighted by Crippen LogP contribution is -2.24. The molecule has 1 rings (SSSR count). The van der Waals surface area contributed by atoms with E-state index in [9.17, 15) is 4.79 Å². The Kier molecular flexibility index (Phi) is 5.01. The van der Waals surface area contributed by atoms with Gasteiger partial charge in [0.25, 0.3) is 0 Å². The van der Waals surface area contributed by atoms with Gasteiger partial charge in [-0.15, -0.1) is 0 Å². The molecule has 0 bridgehead atoms. The Bertz CT molecular complexity index is 146. The van der Waals surface area contributed by atoms with E-state index in [-0.39, 0.29) is 0 Å². The molecular formula is C10H19NO2. The van der Waals surface area contributed by atoms with Gasteiger partial charge in [-0.1, -0.05) is 0 Å². The molecule has 0 aromatic carbocycles. The lowest BCUT2D eigenvalue weighted by molar-refractivity contribution is -0.108. The van der Waals surface area contributed by atoms with Crippen LogP contribution in [0.3, 0.4) is 0 Å². The molecule has 1 aliphatic carbocycles. The van der Waals surface area contributed by atoms with Crippen molar-refractivity contribution >= 4 is 6.29 Å². The second-order valence-corrected chi connectivity index (χ2v) is 3.78. The van der Waals surface area contributed by atoms with Crippen molar-refractivity contribution in [3.05, 3.63) is 0 Å². The van der Waals surface area contributed by atoms with Crippen molar-refractivity contribution < 1.29 is 9.53 Å². The van der Waals surface area contributed by atoms with Crippen LogP contribution in [0.1, 0.15) is 19.3 Å². The predicted octanol–water partition coefficient (Wildman–Crippen LogP) is 0.934. The fourth-order valence-corrected chi connectivity index (χ4v) is 1.14. The van der Waals surface area contributed by atoms with Crippen LogP contribution in [-0.4, -0.2) is 44.5 Å². The summed E-state index contributed by atoms with van der Waals surface area (Å²) in [6, 6.07) is 0. The highest BCUT2D eigenvalue weighted by Gasteiger charge is 2.20. The van der Waals surface area contributed by atoms with Crippen molar-refractivity contribution in [3.8, 4) is 0 Å². The third-order valence-electron chi connectivity index (χ3n) is 2.30. The van der Waals surface area contributed by atoms with E-state index in [1.54, 1.807) is 0 Å². The molecule has 0 atom stereocenters. The standard InChI is InChI=1S/C10H19NO2/c1-11(5-2-7-12)6-8-13-9-10-3-4-10/h7,10H,2-6,8-9H2,1H3. The SMILES string of the molecule is CN(CCC=O)CCOCC1CC1. The van der Waals surface area contributed by atoms with Crippen LogP contribution in [0.15, 0.2) is 0 Å². The smallest absolute Gasteiger partial charge is 0.121 e. The Morgan fingerprint density at radius 2 is 2.23 bits per heavy atom. The van der Waals surface area contributed by atoms with Crippen LogP contribution in [0.25, 0.3) is 0 Å². The van der Waals surface area contributed by atoms with E-state index in [0.29, 0.717) is 6.42 Å². The highest BCUT2D eigenvalue weighted by atomic mass is 16.5. The van der Waals surface area contributed by atoms with E-state index in [1.807, 2.05) is 7.05 Å². The maximum Gasteiger partial charge on any atom is 0.121 e. The van der Waals surface area contributed by atoms with Crippen LogP contribution in [0.4, 0.5) is 0 Å². The Labute approximate surface area is 80.1 Å². The van der Waals surface area contributed by atoms with Gasteiger partial charge in [-0.05, 0) is 25.8 Å². The summed E-state index contributed by atoms with van der Waals surface area (Å²) in [6.07, 6.45) is 4.28. The molecule has 0 aromatic heterocycles. The van der Waals surface area contributed by atoms with E-state index in [0.717, 1.165) is 38.5 Å². The summed E-state index contributed by atoms with van der Waals surface area (Å²) in [7, 11) is 2.02. The van der Waals surface area contributed by atoms with Crippen LogP contribution >= 0.6 is 0 Å². The van der Waals surface area contributed by atoms with Gasteiger partial charge in [-0.25, -0.2) is 0 Å². The molecule has 1 saturated carbocycles. The van der Waals surface area contributed by atoms with E-state index in [1.165, 1.54) is 12.8 Å². The summed E-state index contributed by atoms with van der Waals surface area (Å²) in [5.74, 6) is 0.847. The molecule has 1 fully saturated rings. The molecule has 0 aliphatic heterocycles. The number of ether oxygens (including phenoxy) is 1. The Hall–Kier alpha value is -0.410. The third-order valence-corrected chi connectivity index (χ3v) is 2.30. The minimum atomic E-state index is 0.624. The van der Waals surface area contributed by atoms with Crippen LogP contribution in [-0.2, 0) is 9.53 Å². The number of nitrogens with zero attached hydrogens (tertiary/aromatic N) is 1. The average molecular weight is 185 g/mol. The van der Waals surface area contributed by atoms with Gasteiger partial charge in [-0.3, -0.25) is 0 Å². The number of likely N-dealkylation sites (N-methyl/N-ethyl adjacent to an activating group) is 1. The van der Waals surface area contributed by atoms with Gasteiger partial charge in [0.05, 0.1) is 6.61 Å². The molecule has 3 heteroatoms. The lowest BCUT2D eigenvalue weighted by Gasteiger charge is -2.14. The Balaban J connectivity index is 1.82. The molecule has 13 heavy (non-hydrogen) atoms. The van der Waals surface area contributed by atoms with Gasteiger partial charge in [0, 0.05) is 26.1 Å². The zero-order valence-corrected chi connectivity index (χ0v) is 8.37. The number of carbonyl (C=O) groups excluding carboxylic acids is 1.